The number of amides is 2. The van der Waals surface area contributed by atoms with Crippen LogP contribution in [0.4, 0.5) is 10.6 Å². The van der Waals surface area contributed by atoms with E-state index in [9.17, 15) is 4.79 Å². The van der Waals surface area contributed by atoms with E-state index < -0.39 is 6.04 Å². The highest BCUT2D eigenvalue weighted by atomic mass is 16.5. The average Bonchev–Trinajstić information content (AvgIpc) is 3.27. The molecule has 2 N–H and O–H groups in total. The Balaban J connectivity index is 1.44. The minimum Gasteiger partial charge on any atom is -0.497 e. The Morgan fingerprint density at radius 3 is 2.72 bits per heavy atom. The highest BCUT2D eigenvalue weighted by Crippen LogP contribution is 2.24. The van der Waals surface area contributed by atoms with Gasteiger partial charge in [-0.25, -0.2) is 14.8 Å². The standard InChI is InChI=1S/C24H30N6O2/c1-29-14-11-26-23(29)22(19-7-6-8-20(16-19)32-2)28-24(31)27-17-18-9-10-25-21(15-18)30-12-4-3-5-13-30/h6-11,14-16,22H,3-5,12-13,17H2,1-2H3,(H2,27,28,31). The predicted octanol–water partition coefficient (Wildman–Crippen LogP) is 3.40. The summed E-state index contributed by atoms with van der Waals surface area (Å²) >= 11 is 0. The van der Waals surface area contributed by atoms with Gasteiger partial charge < -0.3 is 24.8 Å². The van der Waals surface area contributed by atoms with Gasteiger partial charge >= 0.3 is 6.03 Å². The summed E-state index contributed by atoms with van der Waals surface area (Å²) in [5, 5.41) is 6.04. The summed E-state index contributed by atoms with van der Waals surface area (Å²) in [7, 11) is 3.54. The number of anilines is 1. The molecular weight excluding hydrogens is 404 g/mol. The maximum Gasteiger partial charge on any atom is 0.315 e. The third-order valence-electron chi connectivity index (χ3n) is 5.76. The normalized spacial score (nSPS) is 14.6. The number of carbonyl (C=O) groups excluding carboxylic acids is 1. The van der Waals surface area contributed by atoms with Crippen LogP contribution in [-0.2, 0) is 13.6 Å². The van der Waals surface area contributed by atoms with Gasteiger partial charge in [-0.15, -0.1) is 0 Å². The molecule has 3 aromatic rings. The van der Waals surface area contributed by atoms with Crippen LogP contribution in [0.25, 0.3) is 0 Å². The van der Waals surface area contributed by atoms with Crippen LogP contribution in [0, 0.1) is 0 Å². The van der Waals surface area contributed by atoms with Gasteiger partial charge in [-0.05, 0) is 54.7 Å². The number of pyridine rings is 1. The molecule has 4 rings (SSSR count). The van der Waals surface area contributed by atoms with Crippen molar-refractivity contribution in [2.45, 2.75) is 31.8 Å². The van der Waals surface area contributed by atoms with Gasteiger partial charge in [0.15, 0.2) is 0 Å². The third kappa shape index (κ3) is 5.19. The molecule has 0 bridgehead atoms. The Bertz CT molecular complexity index is 1040. The van der Waals surface area contributed by atoms with Crippen molar-refractivity contribution in [3.8, 4) is 5.75 Å². The van der Waals surface area contributed by atoms with E-state index in [0.717, 1.165) is 41.6 Å². The first kappa shape index (κ1) is 21.7. The first-order chi connectivity index (χ1) is 15.6. The zero-order valence-corrected chi connectivity index (χ0v) is 18.6. The minimum atomic E-state index is -0.411. The van der Waals surface area contributed by atoms with Crippen LogP contribution in [0.5, 0.6) is 5.75 Å². The van der Waals surface area contributed by atoms with Crippen molar-refractivity contribution in [1.29, 1.82) is 0 Å². The molecule has 8 nitrogen and oxygen atoms in total. The lowest BCUT2D eigenvalue weighted by molar-refractivity contribution is 0.237. The molecule has 2 aromatic heterocycles. The van der Waals surface area contributed by atoms with Gasteiger partial charge in [0.05, 0.1) is 7.11 Å². The molecule has 8 heteroatoms. The highest BCUT2D eigenvalue weighted by Gasteiger charge is 2.21. The van der Waals surface area contributed by atoms with Gasteiger partial charge in [-0.3, -0.25) is 0 Å². The smallest absolute Gasteiger partial charge is 0.315 e. The molecule has 1 atom stereocenters. The zero-order valence-electron chi connectivity index (χ0n) is 18.6. The number of piperidine rings is 1. The number of rotatable bonds is 7. The highest BCUT2D eigenvalue weighted by molar-refractivity contribution is 5.75. The van der Waals surface area contributed by atoms with E-state index in [-0.39, 0.29) is 6.03 Å². The number of methoxy groups -OCH3 is 1. The number of nitrogens with zero attached hydrogens (tertiary/aromatic N) is 4. The number of aromatic nitrogens is 3. The van der Waals surface area contributed by atoms with Gasteiger partial charge in [0.2, 0.25) is 0 Å². The van der Waals surface area contributed by atoms with E-state index in [1.54, 1.807) is 13.3 Å². The fraction of sp³-hybridized carbons (Fsp3) is 0.375. The van der Waals surface area contributed by atoms with E-state index in [4.69, 9.17) is 4.74 Å². The number of hydrogen-bond donors (Lipinski definition) is 2. The van der Waals surface area contributed by atoms with Crippen molar-refractivity contribution < 1.29 is 9.53 Å². The van der Waals surface area contributed by atoms with Crippen LogP contribution >= 0.6 is 0 Å². The van der Waals surface area contributed by atoms with Crippen LogP contribution in [-0.4, -0.2) is 40.8 Å². The van der Waals surface area contributed by atoms with Crippen LogP contribution in [0.3, 0.4) is 0 Å². The van der Waals surface area contributed by atoms with Crippen LogP contribution in [0.2, 0.25) is 0 Å². The number of imidazole rings is 1. The number of nitrogens with one attached hydrogen (secondary N) is 2. The molecule has 3 heterocycles. The van der Waals surface area contributed by atoms with E-state index in [2.05, 4.69) is 31.6 Å². The summed E-state index contributed by atoms with van der Waals surface area (Å²) in [6, 6.07) is 11.0. The molecule has 0 radical (unpaired) electrons. The van der Waals surface area contributed by atoms with Gasteiger partial charge in [-0.1, -0.05) is 12.1 Å². The molecule has 0 saturated carbocycles. The lowest BCUT2D eigenvalue weighted by Gasteiger charge is -2.28. The second kappa shape index (κ2) is 10.2. The van der Waals surface area contributed by atoms with Gasteiger partial charge in [0.25, 0.3) is 0 Å². The maximum atomic E-state index is 12.8. The minimum absolute atomic E-state index is 0.267. The summed E-state index contributed by atoms with van der Waals surface area (Å²) < 4.78 is 7.26. The van der Waals surface area contributed by atoms with Crippen molar-refractivity contribution in [3.05, 3.63) is 71.9 Å². The quantitative estimate of drug-likeness (QED) is 0.595. The largest absolute Gasteiger partial charge is 0.497 e. The number of aryl methyl sites for hydroxylation is 1. The second-order valence-corrected chi connectivity index (χ2v) is 8.00. The van der Waals surface area contributed by atoms with E-state index in [1.165, 1.54) is 19.3 Å². The number of carbonyl (C=O) groups is 1. The van der Waals surface area contributed by atoms with Crippen molar-refractivity contribution in [2.75, 3.05) is 25.1 Å². The first-order valence-corrected chi connectivity index (χ1v) is 11.0. The number of hydrogen-bond acceptors (Lipinski definition) is 5. The Labute approximate surface area is 188 Å². The molecule has 32 heavy (non-hydrogen) atoms. The Hall–Kier alpha value is -3.55. The molecule has 1 saturated heterocycles. The molecule has 1 aromatic carbocycles. The van der Waals surface area contributed by atoms with Crippen molar-refractivity contribution in [1.82, 2.24) is 25.2 Å². The van der Waals surface area contributed by atoms with E-state index >= 15 is 0 Å². The number of benzene rings is 1. The van der Waals surface area contributed by atoms with Crippen molar-refractivity contribution in [3.63, 3.8) is 0 Å². The van der Waals surface area contributed by atoms with Crippen molar-refractivity contribution in [2.24, 2.45) is 7.05 Å². The summed E-state index contributed by atoms with van der Waals surface area (Å²) in [6.07, 6.45) is 9.08. The molecule has 0 aliphatic carbocycles. The number of ether oxygens (including phenoxy) is 1. The fourth-order valence-corrected chi connectivity index (χ4v) is 4.00. The Morgan fingerprint density at radius 2 is 1.97 bits per heavy atom. The van der Waals surface area contributed by atoms with Gasteiger partial charge in [0.1, 0.15) is 23.4 Å². The van der Waals surface area contributed by atoms with Crippen LogP contribution in [0.1, 0.15) is 42.3 Å². The molecule has 0 spiro atoms. The molecule has 1 aliphatic rings. The summed E-state index contributed by atoms with van der Waals surface area (Å²) in [5.41, 5.74) is 1.91. The monoisotopic (exact) mass is 434 g/mol. The molecule has 1 fully saturated rings. The summed E-state index contributed by atoms with van der Waals surface area (Å²) in [6.45, 7) is 2.49. The molecule has 1 unspecified atom stereocenters. The Kier molecular flexibility index (Phi) is 6.89. The molecular formula is C24H30N6O2. The zero-order chi connectivity index (χ0) is 22.3. The molecule has 1 aliphatic heterocycles. The topological polar surface area (TPSA) is 84.3 Å². The van der Waals surface area contributed by atoms with Gasteiger partial charge in [0, 0.05) is 45.3 Å². The maximum absolute atomic E-state index is 12.8. The molecule has 168 valence electrons. The van der Waals surface area contributed by atoms with E-state index in [1.807, 2.05) is 54.3 Å². The predicted molar refractivity (Wildman–Crippen MR) is 124 cm³/mol. The van der Waals surface area contributed by atoms with Crippen LogP contribution < -0.4 is 20.3 Å². The number of urea groups is 1. The SMILES string of the molecule is COc1cccc(C(NC(=O)NCc2ccnc(N3CCCCC3)c2)c2nccn2C)c1. The van der Waals surface area contributed by atoms with Crippen molar-refractivity contribution >= 4 is 11.8 Å². The first-order valence-electron chi connectivity index (χ1n) is 11.0. The summed E-state index contributed by atoms with van der Waals surface area (Å²) in [4.78, 5) is 24.1. The average molecular weight is 435 g/mol. The van der Waals surface area contributed by atoms with Crippen LogP contribution in [0.15, 0.2) is 55.0 Å². The second-order valence-electron chi connectivity index (χ2n) is 8.00. The summed E-state index contributed by atoms with van der Waals surface area (Å²) in [5.74, 6) is 2.45. The third-order valence-corrected chi connectivity index (χ3v) is 5.76. The van der Waals surface area contributed by atoms with E-state index in [0.29, 0.717) is 6.54 Å². The lowest BCUT2D eigenvalue weighted by atomic mass is 10.1. The fourth-order valence-electron chi connectivity index (χ4n) is 4.00. The van der Waals surface area contributed by atoms with Gasteiger partial charge in [-0.2, -0.15) is 0 Å². The lowest BCUT2D eigenvalue weighted by Crippen LogP contribution is -2.39. The Morgan fingerprint density at radius 1 is 1.12 bits per heavy atom. The molecule has 2 amide bonds.